The Kier molecular flexibility index (Phi) is 4.95. The van der Waals surface area contributed by atoms with Crippen LogP contribution in [-0.4, -0.2) is 10.9 Å². The Morgan fingerprint density at radius 2 is 2.05 bits per heavy atom. The van der Waals surface area contributed by atoms with Gasteiger partial charge in [-0.05, 0) is 55.6 Å². The number of halogens is 2. The molecule has 102 valence electrons. The molecular weight excluding hydrogens is 390 g/mol. The predicted molar refractivity (Wildman–Crippen MR) is 79.6 cm³/mol. The molecule has 0 bridgehead atoms. The fraction of sp³-hybridized carbons (Fsp3) is 0.0769. The number of hydrogen-bond acceptors (Lipinski definition) is 3. The minimum Gasteiger partial charge on any atom is -0.344 e. The fourth-order valence-corrected chi connectivity index (χ4v) is 2.10. The number of nitriles is 1. The fourth-order valence-electron chi connectivity index (χ4n) is 1.44. The van der Waals surface area contributed by atoms with Crippen molar-refractivity contribution in [1.29, 1.82) is 5.26 Å². The van der Waals surface area contributed by atoms with E-state index in [4.69, 9.17) is 10.1 Å². The molecule has 1 aromatic carbocycles. The van der Waals surface area contributed by atoms with Gasteiger partial charge in [-0.15, -0.1) is 0 Å². The summed E-state index contributed by atoms with van der Waals surface area (Å²) in [5.74, 6) is -0.370. The summed E-state index contributed by atoms with van der Waals surface area (Å²) < 4.78 is 1.45. The molecule has 0 aliphatic carbocycles. The van der Waals surface area contributed by atoms with Crippen LogP contribution < -0.4 is 5.48 Å². The lowest BCUT2D eigenvalue weighted by Gasteiger charge is -2.04. The first-order valence-electron chi connectivity index (χ1n) is 5.55. The van der Waals surface area contributed by atoms with E-state index in [0.717, 1.165) is 10.0 Å². The van der Waals surface area contributed by atoms with Crippen molar-refractivity contribution in [3.63, 3.8) is 0 Å². The van der Waals surface area contributed by atoms with Gasteiger partial charge >= 0.3 is 0 Å². The van der Waals surface area contributed by atoms with Crippen LogP contribution in [0, 0.1) is 11.3 Å². The monoisotopic (exact) mass is 397 g/mol. The van der Waals surface area contributed by atoms with Gasteiger partial charge in [0.1, 0.15) is 5.69 Å². The third-order valence-electron chi connectivity index (χ3n) is 2.46. The topological polar surface area (TPSA) is 77.9 Å². The molecular formula is C13H9Br2N3O2. The van der Waals surface area contributed by atoms with Crippen molar-refractivity contribution in [3.05, 3.63) is 56.2 Å². The largest absolute Gasteiger partial charge is 0.344 e. The first-order chi connectivity index (χ1) is 9.60. The second-order valence-electron chi connectivity index (χ2n) is 3.87. The van der Waals surface area contributed by atoms with E-state index in [1.54, 1.807) is 30.3 Å². The van der Waals surface area contributed by atoms with Crippen molar-refractivity contribution in [2.45, 2.75) is 6.61 Å². The second-order valence-corrected chi connectivity index (χ2v) is 5.52. The smallest absolute Gasteiger partial charge is 0.291 e. The number of nitrogens with one attached hydrogen (secondary N) is 2. The highest BCUT2D eigenvalue weighted by Crippen LogP contribution is 2.22. The minimum absolute atomic E-state index is 0.223. The van der Waals surface area contributed by atoms with E-state index in [-0.39, 0.29) is 12.5 Å². The van der Waals surface area contributed by atoms with Gasteiger partial charge in [-0.1, -0.05) is 12.1 Å². The van der Waals surface area contributed by atoms with Gasteiger partial charge in [-0.2, -0.15) is 5.26 Å². The number of benzene rings is 1. The van der Waals surface area contributed by atoms with Crippen molar-refractivity contribution in [3.8, 4) is 6.07 Å². The number of hydroxylamine groups is 1. The highest BCUT2D eigenvalue weighted by atomic mass is 79.9. The highest BCUT2D eigenvalue weighted by molar-refractivity contribution is 9.13. The quantitative estimate of drug-likeness (QED) is 0.775. The zero-order valence-electron chi connectivity index (χ0n) is 10.1. The maximum absolute atomic E-state index is 11.7. The minimum atomic E-state index is -0.370. The van der Waals surface area contributed by atoms with E-state index in [1.807, 2.05) is 6.07 Å². The van der Waals surface area contributed by atoms with Crippen molar-refractivity contribution >= 4 is 37.8 Å². The van der Waals surface area contributed by atoms with Gasteiger partial charge in [0, 0.05) is 0 Å². The summed E-state index contributed by atoms with van der Waals surface area (Å²) in [6, 6.07) is 10.6. The van der Waals surface area contributed by atoms with Crippen LogP contribution in [0.2, 0.25) is 0 Å². The zero-order chi connectivity index (χ0) is 14.5. The third kappa shape index (κ3) is 3.70. The van der Waals surface area contributed by atoms with Gasteiger partial charge in [-0.3, -0.25) is 9.63 Å². The maximum atomic E-state index is 11.7. The standard InChI is InChI=1S/C13H9Br2N3O2/c14-10-5-11(17-12(10)15)13(19)18-20-7-9-3-1-8(6-16)2-4-9/h1-5,17H,7H2,(H,18,19). The van der Waals surface area contributed by atoms with Crippen molar-refractivity contribution in [2.75, 3.05) is 0 Å². The average molecular weight is 399 g/mol. The number of amides is 1. The van der Waals surface area contributed by atoms with Crippen LogP contribution in [0.5, 0.6) is 0 Å². The lowest BCUT2D eigenvalue weighted by molar-refractivity contribution is 0.0230. The molecule has 7 heteroatoms. The molecule has 5 nitrogen and oxygen atoms in total. The molecule has 0 atom stereocenters. The van der Waals surface area contributed by atoms with Crippen LogP contribution in [0.3, 0.4) is 0 Å². The molecule has 20 heavy (non-hydrogen) atoms. The van der Waals surface area contributed by atoms with E-state index >= 15 is 0 Å². The number of nitrogens with zero attached hydrogens (tertiary/aromatic N) is 1. The van der Waals surface area contributed by atoms with Gasteiger partial charge in [0.25, 0.3) is 5.91 Å². The third-order valence-corrected chi connectivity index (χ3v) is 4.24. The summed E-state index contributed by atoms with van der Waals surface area (Å²) in [6.07, 6.45) is 0. The molecule has 1 heterocycles. The summed E-state index contributed by atoms with van der Waals surface area (Å²) in [4.78, 5) is 19.7. The zero-order valence-corrected chi connectivity index (χ0v) is 13.3. The molecule has 0 fully saturated rings. The van der Waals surface area contributed by atoms with Crippen LogP contribution in [0.1, 0.15) is 21.6 Å². The van der Waals surface area contributed by atoms with Gasteiger partial charge in [0.15, 0.2) is 0 Å². The van der Waals surface area contributed by atoms with Gasteiger partial charge in [0.05, 0.1) is 27.3 Å². The van der Waals surface area contributed by atoms with Crippen LogP contribution in [0.4, 0.5) is 0 Å². The molecule has 0 unspecified atom stereocenters. The average Bonchev–Trinajstić information content (AvgIpc) is 2.79. The summed E-state index contributed by atoms with van der Waals surface area (Å²) in [7, 11) is 0. The summed E-state index contributed by atoms with van der Waals surface area (Å²) in [6.45, 7) is 0.223. The van der Waals surface area contributed by atoms with Gasteiger partial charge in [0.2, 0.25) is 0 Å². The lowest BCUT2D eigenvalue weighted by atomic mass is 10.2. The first-order valence-corrected chi connectivity index (χ1v) is 7.14. The maximum Gasteiger partial charge on any atom is 0.291 e. The predicted octanol–water partition coefficient (Wildman–Crippen LogP) is 3.27. The summed E-state index contributed by atoms with van der Waals surface area (Å²) in [5, 5.41) is 8.68. The van der Waals surface area contributed by atoms with E-state index in [0.29, 0.717) is 15.9 Å². The van der Waals surface area contributed by atoms with Crippen LogP contribution in [-0.2, 0) is 11.4 Å². The van der Waals surface area contributed by atoms with Crippen LogP contribution >= 0.6 is 31.9 Å². The normalized spacial score (nSPS) is 10.1. The molecule has 1 amide bonds. The van der Waals surface area contributed by atoms with Crippen molar-refractivity contribution in [1.82, 2.24) is 10.5 Å². The number of rotatable bonds is 4. The molecule has 0 saturated heterocycles. The van der Waals surface area contributed by atoms with E-state index < -0.39 is 0 Å². The molecule has 0 radical (unpaired) electrons. The molecule has 2 aromatic rings. The number of hydrogen-bond donors (Lipinski definition) is 2. The second kappa shape index (κ2) is 6.70. The molecule has 0 aliphatic heterocycles. The van der Waals surface area contributed by atoms with Gasteiger partial charge in [-0.25, -0.2) is 5.48 Å². The lowest BCUT2D eigenvalue weighted by Crippen LogP contribution is -2.23. The molecule has 2 N–H and O–H groups in total. The Morgan fingerprint density at radius 3 is 2.60 bits per heavy atom. The first kappa shape index (κ1) is 14.8. The van der Waals surface area contributed by atoms with E-state index in [2.05, 4.69) is 42.3 Å². The number of aromatic amines is 1. The number of carbonyl (C=O) groups is 1. The Hall–Kier alpha value is -1.62. The molecule has 2 rings (SSSR count). The van der Waals surface area contributed by atoms with E-state index in [1.165, 1.54) is 0 Å². The van der Waals surface area contributed by atoms with Crippen LogP contribution in [0.15, 0.2) is 39.4 Å². The van der Waals surface area contributed by atoms with Crippen molar-refractivity contribution < 1.29 is 9.63 Å². The van der Waals surface area contributed by atoms with Crippen molar-refractivity contribution in [2.24, 2.45) is 0 Å². The number of H-pyrrole nitrogens is 1. The number of carbonyl (C=O) groups excluding carboxylic acids is 1. The molecule has 1 aromatic heterocycles. The SMILES string of the molecule is N#Cc1ccc(CONC(=O)c2cc(Br)c(Br)[nH]2)cc1. The Bertz CT molecular complexity index is 640. The summed E-state index contributed by atoms with van der Waals surface area (Å²) in [5.41, 5.74) is 4.16. The van der Waals surface area contributed by atoms with E-state index in [9.17, 15) is 4.79 Å². The Labute approximate surface area is 132 Å². The molecule has 0 spiro atoms. The Morgan fingerprint density at radius 1 is 1.35 bits per heavy atom. The van der Waals surface area contributed by atoms with Gasteiger partial charge < -0.3 is 4.98 Å². The number of aromatic nitrogens is 1. The molecule has 0 aliphatic rings. The highest BCUT2D eigenvalue weighted by Gasteiger charge is 2.10. The van der Waals surface area contributed by atoms with Crippen LogP contribution in [0.25, 0.3) is 0 Å². The Balaban J connectivity index is 1.86. The molecule has 0 saturated carbocycles. The summed E-state index contributed by atoms with van der Waals surface area (Å²) >= 11 is 6.53.